The summed E-state index contributed by atoms with van der Waals surface area (Å²) in [4.78, 5) is 6.82. The molecule has 0 aromatic carbocycles. The zero-order valence-electron chi connectivity index (χ0n) is 10.9. The van der Waals surface area contributed by atoms with Gasteiger partial charge in [-0.2, -0.15) is 5.10 Å². The third-order valence-corrected chi connectivity index (χ3v) is 3.56. The highest BCUT2D eigenvalue weighted by molar-refractivity contribution is 4.85. The summed E-state index contributed by atoms with van der Waals surface area (Å²) in [5.41, 5.74) is 0. The second-order valence-corrected chi connectivity index (χ2v) is 4.55. The van der Waals surface area contributed by atoms with Gasteiger partial charge in [-0.1, -0.05) is 6.92 Å². The van der Waals surface area contributed by atoms with Crippen LogP contribution in [0.25, 0.3) is 0 Å². The molecule has 0 bridgehead atoms. The van der Waals surface area contributed by atoms with Crippen molar-refractivity contribution in [2.75, 3.05) is 19.6 Å². The summed E-state index contributed by atoms with van der Waals surface area (Å²) in [5, 5.41) is 7.68. The minimum Gasteiger partial charge on any atom is -0.308 e. The molecule has 1 atom stereocenters. The molecule has 5 nitrogen and oxygen atoms in total. The van der Waals surface area contributed by atoms with Gasteiger partial charge in [0.15, 0.2) is 0 Å². The molecule has 1 fully saturated rings. The maximum absolute atomic E-state index is 4.27. The fraction of sp³-hybridized carbons (Fsp3) is 0.833. The van der Waals surface area contributed by atoms with Crippen LogP contribution in [0.15, 0.2) is 6.33 Å². The van der Waals surface area contributed by atoms with E-state index in [1.807, 2.05) is 4.68 Å². The first kappa shape index (κ1) is 12.5. The van der Waals surface area contributed by atoms with Crippen LogP contribution in [0.4, 0.5) is 0 Å². The van der Waals surface area contributed by atoms with E-state index >= 15 is 0 Å². The number of aromatic nitrogens is 3. The van der Waals surface area contributed by atoms with Crippen molar-refractivity contribution in [2.45, 2.75) is 45.8 Å². The van der Waals surface area contributed by atoms with E-state index in [2.05, 4.69) is 34.1 Å². The topological polar surface area (TPSA) is 46.0 Å². The van der Waals surface area contributed by atoms with Gasteiger partial charge >= 0.3 is 0 Å². The summed E-state index contributed by atoms with van der Waals surface area (Å²) < 4.78 is 1.94. The molecule has 0 amide bonds. The molecular weight excluding hydrogens is 214 g/mol. The third-order valence-electron chi connectivity index (χ3n) is 3.56. The monoisotopic (exact) mass is 237 g/mol. The van der Waals surface area contributed by atoms with Crippen LogP contribution < -0.4 is 5.32 Å². The zero-order valence-corrected chi connectivity index (χ0v) is 10.9. The van der Waals surface area contributed by atoms with Crippen LogP contribution in [0.5, 0.6) is 0 Å². The van der Waals surface area contributed by atoms with Crippen molar-refractivity contribution >= 4 is 0 Å². The van der Waals surface area contributed by atoms with E-state index in [0.717, 1.165) is 32.0 Å². The Labute approximate surface area is 103 Å². The molecule has 0 radical (unpaired) electrons. The Bertz CT molecular complexity index is 335. The summed E-state index contributed by atoms with van der Waals surface area (Å²) in [7, 11) is 0. The first-order chi connectivity index (χ1) is 8.35. The molecule has 2 heterocycles. The summed E-state index contributed by atoms with van der Waals surface area (Å²) in [6, 6.07) is 0.706. The van der Waals surface area contributed by atoms with Gasteiger partial charge in [-0.05, 0) is 32.9 Å². The average Bonchev–Trinajstić information content (AvgIpc) is 2.97. The lowest BCUT2D eigenvalue weighted by Crippen LogP contribution is -2.37. The largest absolute Gasteiger partial charge is 0.308 e. The average molecular weight is 237 g/mol. The van der Waals surface area contributed by atoms with E-state index in [1.165, 1.54) is 19.4 Å². The molecule has 1 aliphatic heterocycles. The highest BCUT2D eigenvalue weighted by atomic mass is 15.3. The van der Waals surface area contributed by atoms with Crippen molar-refractivity contribution < 1.29 is 0 Å². The number of nitrogens with zero attached hydrogens (tertiary/aromatic N) is 4. The Balaban J connectivity index is 1.76. The highest BCUT2D eigenvalue weighted by Gasteiger charge is 2.22. The predicted molar refractivity (Wildman–Crippen MR) is 67.7 cm³/mol. The van der Waals surface area contributed by atoms with Crippen molar-refractivity contribution in [3.63, 3.8) is 0 Å². The van der Waals surface area contributed by atoms with Gasteiger partial charge in [0, 0.05) is 19.1 Å². The maximum atomic E-state index is 4.27. The van der Waals surface area contributed by atoms with Crippen LogP contribution >= 0.6 is 0 Å². The number of likely N-dealkylation sites (tertiary alicyclic amines) is 1. The van der Waals surface area contributed by atoms with Gasteiger partial charge in [-0.25, -0.2) is 9.67 Å². The van der Waals surface area contributed by atoms with Gasteiger partial charge in [-0.3, -0.25) is 4.90 Å². The first-order valence-corrected chi connectivity index (χ1v) is 6.66. The standard InChI is InChI=1S/C12H23N5/c1-3-16-7-5-6-11(16)8-13-9-12-14-10-15-17(12)4-2/h10-11,13H,3-9H2,1-2H3. The molecule has 0 saturated carbocycles. The summed E-state index contributed by atoms with van der Waals surface area (Å²) in [6.45, 7) is 9.53. The van der Waals surface area contributed by atoms with E-state index in [1.54, 1.807) is 6.33 Å². The smallest absolute Gasteiger partial charge is 0.140 e. The van der Waals surface area contributed by atoms with Crippen LogP contribution in [-0.4, -0.2) is 45.3 Å². The first-order valence-electron chi connectivity index (χ1n) is 6.66. The summed E-state index contributed by atoms with van der Waals surface area (Å²) >= 11 is 0. The maximum Gasteiger partial charge on any atom is 0.140 e. The lowest BCUT2D eigenvalue weighted by Gasteiger charge is -2.22. The van der Waals surface area contributed by atoms with Gasteiger partial charge in [0.05, 0.1) is 6.54 Å². The molecule has 0 aliphatic carbocycles. The minimum atomic E-state index is 0.706. The van der Waals surface area contributed by atoms with Crippen LogP contribution in [0.1, 0.15) is 32.5 Å². The molecule has 17 heavy (non-hydrogen) atoms. The molecule has 2 rings (SSSR count). The number of aryl methyl sites for hydroxylation is 1. The van der Waals surface area contributed by atoms with Gasteiger partial charge in [0.2, 0.25) is 0 Å². The Morgan fingerprint density at radius 1 is 1.41 bits per heavy atom. The second-order valence-electron chi connectivity index (χ2n) is 4.55. The zero-order chi connectivity index (χ0) is 12.1. The molecule has 0 spiro atoms. The second kappa shape index (κ2) is 6.12. The van der Waals surface area contributed by atoms with Gasteiger partial charge in [0.1, 0.15) is 12.2 Å². The number of hydrogen-bond acceptors (Lipinski definition) is 4. The molecule has 96 valence electrons. The Kier molecular flexibility index (Phi) is 4.50. The SMILES string of the molecule is CCN1CCCC1CNCc1ncnn1CC. The highest BCUT2D eigenvalue weighted by Crippen LogP contribution is 2.15. The van der Waals surface area contributed by atoms with Crippen molar-refractivity contribution in [3.05, 3.63) is 12.2 Å². The summed E-state index contributed by atoms with van der Waals surface area (Å²) in [6.07, 6.45) is 4.29. The molecule has 1 aliphatic rings. The number of rotatable bonds is 6. The fourth-order valence-corrected chi connectivity index (χ4v) is 2.58. The van der Waals surface area contributed by atoms with Crippen LogP contribution in [0, 0.1) is 0 Å². The number of likely N-dealkylation sites (N-methyl/N-ethyl adjacent to an activating group) is 1. The van der Waals surface area contributed by atoms with Crippen molar-refractivity contribution in [1.29, 1.82) is 0 Å². The lowest BCUT2D eigenvalue weighted by molar-refractivity contribution is 0.259. The third kappa shape index (κ3) is 3.04. The quantitative estimate of drug-likeness (QED) is 0.797. The Morgan fingerprint density at radius 3 is 3.06 bits per heavy atom. The molecule has 1 aromatic heterocycles. The van der Waals surface area contributed by atoms with E-state index in [-0.39, 0.29) is 0 Å². The number of hydrogen-bond donors (Lipinski definition) is 1. The molecule has 1 saturated heterocycles. The van der Waals surface area contributed by atoms with E-state index in [9.17, 15) is 0 Å². The normalized spacial score (nSPS) is 21.2. The van der Waals surface area contributed by atoms with Crippen LogP contribution in [0.2, 0.25) is 0 Å². The van der Waals surface area contributed by atoms with E-state index < -0.39 is 0 Å². The van der Waals surface area contributed by atoms with Gasteiger partial charge < -0.3 is 5.32 Å². The Morgan fingerprint density at radius 2 is 2.29 bits per heavy atom. The van der Waals surface area contributed by atoms with Crippen molar-refractivity contribution in [2.24, 2.45) is 0 Å². The predicted octanol–water partition coefficient (Wildman–Crippen LogP) is 0.872. The fourth-order valence-electron chi connectivity index (χ4n) is 2.58. The van der Waals surface area contributed by atoms with Gasteiger partial charge in [0.25, 0.3) is 0 Å². The van der Waals surface area contributed by atoms with Crippen molar-refractivity contribution in [1.82, 2.24) is 25.0 Å². The van der Waals surface area contributed by atoms with E-state index in [0.29, 0.717) is 6.04 Å². The van der Waals surface area contributed by atoms with Crippen LogP contribution in [0.3, 0.4) is 0 Å². The molecule has 1 N–H and O–H groups in total. The molecule has 1 unspecified atom stereocenters. The van der Waals surface area contributed by atoms with Crippen LogP contribution in [-0.2, 0) is 13.1 Å². The lowest BCUT2D eigenvalue weighted by atomic mass is 10.2. The Hall–Kier alpha value is -0.940. The number of nitrogens with one attached hydrogen (secondary N) is 1. The molecule has 1 aromatic rings. The molecular formula is C12H23N5. The van der Waals surface area contributed by atoms with E-state index in [4.69, 9.17) is 0 Å². The summed E-state index contributed by atoms with van der Waals surface area (Å²) in [5.74, 6) is 1.04. The minimum absolute atomic E-state index is 0.706. The van der Waals surface area contributed by atoms with Crippen molar-refractivity contribution in [3.8, 4) is 0 Å². The van der Waals surface area contributed by atoms with Gasteiger partial charge in [-0.15, -0.1) is 0 Å². The molecule has 5 heteroatoms.